The highest BCUT2D eigenvalue weighted by Gasteiger charge is 2.35. The molecule has 6 heteroatoms. The van der Waals surface area contributed by atoms with Gasteiger partial charge in [-0.3, -0.25) is 0 Å². The van der Waals surface area contributed by atoms with E-state index in [4.69, 9.17) is 4.74 Å². The standard InChI is InChI=1S/C13H13F5O/c1-7(13(16,17)18)8-5-6-9(11(15)10(8)14)19-12(2,3)4/h5-6H,1H2,2-4H3. The highest BCUT2D eigenvalue weighted by Crippen LogP contribution is 2.36. The molecule has 0 saturated carbocycles. The van der Waals surface area contributed by atoms with Crippen molar-refractivity contribution in [2.24, 2.45) is 0 Å². The summed E-state index contributed by atoms with van der Waals surface area (Å²) in [4.78, 5) is 0. The zero-order chi connectivity index (χ0) is 15.0. The van der Waals surface area contributed by atoms with E-state index in [9.17, 15) is 22.0 Å². The topological polar surface area (TPSA) is 9.23 Å². The number of benzene rings is 1. The van der Waals surface area contributed by atoms with Crippen LogP contribution in [0.25, 0.3) is 5.57 Å². The Balaban J connectivity index is 3.23. The molecule has 19 heavy (non-hydrogen) atoms. The third-order valence-electron chi connectivity index (χ3n) is 2.13. The van der Waals surface area contributed by atoms with Gasteiger partial charge in [-0.25, -0.2) is 4.39 Å². The van der Waals surface area contributed by atoms with Crippen molar-refractivity contribution in [2.75, 3.05) is 0 Å². The van der Waals surface area contributed by atoms with Crippen LogP contribution in [-0.2, 0) is 0 Å². The second kappa shape index (κ2) is 4.83. The first-order valence-corrected chi connectivity index (χ1v) is 5.37. The Morgan fingerprint density at radius 2 is 1.58 bits per heavy atom. The zero-order valence-electron chi connectivity index (χ0n) is 10.7. The maximum Gasteiger partial charge on any atom is 0.416 e. The number of ether oxygens (including phenoxy) is 1. The minimum Gasteiger partial charge on any atom is -0.485 e. The minimum atomic E-state index is -4.82. The van der Waals surface area contributed by atoms with Crippen LogP contribution in [0.1, 0.15) is 26.3 Å². The summed E-state index contributed by atoms with van der Waals surface area (Å²) in [6.45, 7) is 7.54. The molecule has 0 N–H and O–H groups in total. The smallest absolute Gasteiger partial charge is 0.416 e. The van der Waals surface area contributed by atoms with Crippen molar-refractivity contribution in [3.05, 3.63) is 35.9 Å². The van der Waals surface area contributed by atoms with Gasteiger partial charge in [0.2, 0.25) is 5.82 Å². The highest BCUT2D eigenvalue weighted by molar-refractivity contribution is 5.68. The lowest BCUT2D eigenvalue weighted by Crippen LogP contribution is -2.24. The third kappa shape index (κ3) is 3.68. The summed E-state index contributed by atoms with van der Waals surface area (Å²) in [5, 5.41) is 0. The first-order chi connectivity index (χ1) is 8.43. The number of alkyl halides is 3. The molecule has 0 fully saturated rings. The largest absolute Gasteiger partial charge is 0.485 e. The fourth-order valence-corrected chi connectivity index (χ4v) is 1.33. The lowest BCUT2D eigenvalue weighted by atomic mass is 10.1. The van der Waals surface area contributed by atoms with Crippen molar-refractivity contribution in [2.45, 2.75) is 32.5 Å². The summed E-state index contributed by atoms with van der Waals surface area (Å²) in [5.41, 5.74) is -3.16. The van der Waals surface area contributed by atoms with Crippen LogP contribution >= 0.6 is 0 Å². The van der Waals surface area contributed by atoms with Gasteiger partial charge in [0, 0.05) is 5.56 Å². The second-order valence-corrected chi connectivity index (χ2v) is 4.93. The molecule has 0 saturated heterocycles. The Hall–Kier alpha value is -1.59. The predicted molar refractivity (Wildman–Crippen MR) is 61.8 cm³/mol. The second-order valence-electron chi connectivity index (χ2n) is 4.93. The fraction of sp³-hybridized carbons (Fsp3) is 0.385. The van der Waals surface area contributed by atoms with Crippen LogP contribution in [0.3, 0.4) is 0 Å². The molecule has 1 nitrogen and oxygen atoms in total. The Morgan fingerprint density at radius 3 is 2.00 bits per heavy atom. The van der Waals surface area contributed by atoms with Gasteiger partial charge in [0.15, 0.2) is 11.6 Å². The van der Waals surface area contributed by atoms with Crippen LogP contribution in [0.2, 0.25) is 0 Å². The first kappa shape index (κ1) is 15.5. The van der Waals surface area contributed by atoms with Crippen LogP contribution in [0.5, 0.6) is 5.75 Å². The molecule has 0 atom stereocenters. The van der Waals surface area contributed by atoms with E-state index in [2.05, 4.69) is 6.58 Å². The maximum atomic E-state index is 13.6. The van der Waals surface area contributed by atoms with Crippen molar-refractivity contribution in [3.63, 3.8) is 0 Å². The number of halogens is 5. The molecule has 1 rings (SSSR count). The van der Waals surface area contributed by atoms with Gasteiger partial charge in [-0.15, -0.1) is 0 Å². The van der Waals surface area contributed by atoms with Crippen molar-refractivity contribution in [1.82, 2.24) is 0 Å². The van der Waals surface area contributed by atoms with Crippen molar-refractivity contribution < 1.29 is 26.7 Å². The van der Waals surface area contributed by atoms with Gasteiger partial charge in [0.25, 0.3) is 0 Å². The van der Waals surface area contributed by atoms with Gasteiger partial charge < -0.3 is 4.74 Å². The first-order valence-electron chi connectivity index (χ1n) is 5.37. The molecule has 106 valence electrons. The molecule has 0 aliphatic rings. The molecule has 1 aromatic rings. The lowest BCUT2D eigenvalue weighted by molar-refractivity contribution is -0.0689. The van der Waals surface area contributed by atoms with Gasteiger partial charge in [-0.1, -0.05) is 6.58 Å². The Labute approximate surface area is 107 Å². The summed E-state index contributed by atoms with van der Waals surface area (Å²) in [5.74, 6) is -3.52. The number of allylic oxidation sites excluding steroid dienone is 1. The molecule has 1 aromatic carbocycles. The third-order valence-corrected chi connectivity index (χ3v) is 2.13. The van der Waals surface area contributed by atoms with E-state index < -0.39 is 40.3 Å². The number of hydrogen-bond donors (Lipinski definition) is 0. The van der Waals surface area contributed by atoms with E-state index in [1.807, 2.05) is 0 Å². The summed E-state index contributed by atoms with van der Waals surface area (Å²) >= 11 is 0. The van der Waals surface area contributed by atoms with Gasteiger partial charge in [-0.05, 0) is 32.9 Å². The quantitative estimate of drug-likeness (QED) is 0.712. The molecule has 0 spiro atoms. The van der Waals surface area contributed by atoms with Crippen LogP contribution in [0, 0.1) is 11.6 Å². The van der Waals surface area contributed by atoms with Crippen molar-refractivity contribution in [3.8, 4) is 5.75 Å². The SMILES string of the molecule is C=C(c1ccc(OC(C)(C)C)c(F)c1F)C(F)(F)F. The average Bonchev–Trinajstić information content (AvgIpc) is 2.21. The number of rotatable bonds is 2. The van der Waals surface area contributed by atoms with E-state index in [1.54, 1.807) is 20.8 Å². The molecule has 0 unspecified atom stereocenters. The summed E-state index contributed by atoms with van der Waals surface area (Å²) in [7, 11) is 0. The van der Waals surface area contributed by atoms with E-state index >= 15 is 0 Å². The van der Waals surface area contributed by atoms with Crippen molar-refractivity contribution in [1.29, 1.82) is 0 Å². The minimum absolute atomic E-state index is 0.441. The average molecular weight is 280 g/mol. The Bertz CT molecular complexity index is 497. The van der Waals surface area contributed by atoms with Gasteiger partial charge in [0.1, 0.15) is 5.60 Å². The molecule has 0 aliphatic heterocycles. The fourth-order valence-electron chi connectivity index (χ4n) is 1.33. The lowest BCUT2D eigenvalue weighted by Gasteiger charge is -2.22. The monoisotopic (exact) mass is 280 g/mol. The molecule has 0 aromatic heterocycles. The van der Waals surface area contributed by atoms with E-state index in [-0.39, 0.29) is 0 Å². The highest BCUT2D eigenvalue weighted by atomic mass is 19.4. The summed E-state index contributed by atoms with van der Waals surface area (Å²) < 4.78 is 69.5. The van der Waals surface area contributed by atoms with E-state index in [0.717, 1.165) is 12.1 Å². The molecule has 0 aliphatic carbocycles. The molecule has 0 heterocycles. The normalized spacial score (nSPS) is 12.4. The molecule has 0 amide bonds. The van der Waals surface area contributed by atoms with Gasteiger partial charge in [0.05, 0.1) is 5.57 Å². The Kier molecular flexibility index (Phi) is 3.93. The van der Waals surface area contributed by atoms with E-state index in [1.165, 1.54) is 0 Å². The van der Waals surface area contributed by atoms with Crippen LogP contribution < -0.4 is 4.74 Å². The molecule has 0 radical (unpaired) electrons. The molecular weight excluding hydrogens is 267 g/mol. The molecule has 0 bridgehead atoms. The van der Waals surface area contributed by atoms with Crippen molar-refractivity contribution >= 4 is 5.57 Å². The zero-order valence-corrected chi connectivity index (χ0v) is 10.7. The predicted octanol–water partition coefficient (Wildman–Crippen LogP) is 4.72. The van der Waals surface area contributed by atoms with Gasteiger partial charge in [-0.2, -0.15) is 17.6 Å². The maximum absolute atomic E-state index is 13.6. The number of hydrogen-bond acceptors (Lipinski definition) is 1. The Morgan fingerprint density at radius 1 is 1.05 bits per heavy atom. The van der Waals surface area contributed by atoms with Gasteiger partial charge >= 0.3 is 6.18 Å². The van der Waals surface area contributed by atoms with Crippen LogP contribution in [0.4, 0.5) is 22.0 Å². The molecular formula is C13H13F5O. The van der Waals surface area contributed by atoms with E-state index in [0.29, 0.717) is 0 Å². The van der Waals surface area contributed by atoms with Crippen LogP contribution in [-0.4, -0.2) is 11.8 Å². The summed E-state index contributed by atoms with van der Waals surface area (Å²) in [6.07, 6.45) is -4.82. The summed E-state index contributed by atoms with van der Waals surface area (Å²) in [6, 6.07) is 1.76. The van der Waals surface area contributed by atoms with Crippen LogP contribution in [0.15, 0.2) is 18.7 Å².